The van der Waals surface area contributed by atoms with Gasteiger partial charge in [-0.15, -0.1) is 12.4 Å². The van der Waals surface area contributed by atoms with Crippen molar-refractivity contribution in [3.8, 4) is 0 Å². The highest BCUT2D eigenvalue weighted by Crippen LogP contribution is 2.17. The summed E-state index contributed by atoms with van der Waals surface area (Å²) in [5.74, 6) is 0.138. The number of ether oxygens (including phenoxy) is 1. The molecule has 0 radical (unpaired) electrons. The predicted octanol–water partition coefficient (Wildman–Crippen LogP) is 1.55. The molecule has 2 aliphatic heterocycles. The molecule has 1 aromatic carbocycles. The Bertz CT molecular complexity index is 579. The second kappa shape index (κ2) is 8.46. The summed E-state index contributed by atoms with van der Waals surface area (Å²) in [7, 11) is 0. The van der Waals surface area contributed by atoms with Crippen LogP contribution in [0.4, 0.5) is 5.69 Å². The monoisotopic (exact) mass is 353 g/mol. The van der Waals surface area contributed by atoms with Gasteiger partial charge in [0, 0.05) is 31.7 Å². The molecule has 0 saturated carbocycles. The Labute approximate surface area is 148 Å². The first-order valence-electron chi connectivity index (χ1n) is 8.16. The summed E-state index contributed by atoms with van der Waals surface area (Å²) in [4.78, 5) is 25.8. The topological polar surface area (TPSA) is 70.7 Å². The van der Waals surface area contributed by atoms with E-state index >= 15 is 0 Å². The summed E-state index contributed by atoms with van der Waals surface area (Å²) in [5.41, 5.74) is 1.83. The summed E-state index contributed by atoms with van der Waals surface area (Å²) in [5, 5.41) is 6.08. The molecule has 24 heavy (non-hydrogen) atoms. The molecular weight excluding hydrogens is 330 g/mol. The van der Waals surface area contributed by atoms with Gasteiger partial charge in [0.1, 0.15) is 6.04 Å². The van der Waals surface area contributed by atoms with Gasteiger partial charge in [-0.05, 0) is 31.0 Å². The lowest BCUT2D eigenvalue weighted by Crippen LogP contribution is -2.53. The van der Waals surface area contributed by atoms with Gasteiger partial charge in [0.15, 0.2) is 0 Å². The second-order valence-corrected chi connectivity index (χ2v) is 6.11. The Morgan fingerprint density at radius 2 is 2.12 bits per heavy atom. The van der Waals surface area contributed by atoms with Gasteiger partial charge in [0.25, 0.3) is 0 Å². The van der Waals surface area contributed by atoms with Crippen LogP contribution in [0.25, 0.3) is 0 Å². The Balaban J connectivity index is 0.00000208. The molecule has 2 atom stereocenters. The average Bonchev–Trinajstić information content (AvgIpc) is 2.95. The fourth-order valence-electron chi connectivity index (χ4n) is 3.03. The molecule has 2 saturated heterocycles. The van der Waals surface area contributed by atoms with Crippen molar-refractivity contribution in [1.29, 1.82) is 0 Å². The minimum Gasteiger partial charge on any atom is -0.375 e. The Morgan fingerprint density at radius 1 is 1.38 bits per heavy atom. The van der Waals surface area contributed by atoms with E-state index in [4.69, 9.17) is 4.74 Å². The number of nitrogens with one attached hydrogen (secondary N) is 2. The van der Waals surface area contributed by atoms with Crippen molar-refractivity contribution in [2.75, 3.05) is 25.0 Å². The van der Waals surface area contributed by atoms with Gasteiger partial charge >= 0.3 is 0 Å². The van der Waals surface area contributed by atoms with Crippen LogP contribution in [-0.4, -0.2) is 48.6 Å². The first-order valence-corrected chi connectivity index (χ1v) is 8.16. The van der Waals surface area contributed by atoms with Gasteiger partial charge in [-0.25, -0.2) is 0 Å². The number of nitrogens with zero attached hydrogens (tertiary/aromatic N) is 1. The van der Waals surface area contributed by atoms with Crippen LogP contribution in [0.5, 0.6) is 0 Å². The zero-order valence-electron chi connectivity index (χ0n) is 13.8. The van der Waals surface area contributed by atoms with E-state index in [1.165, 1.54) is 0 Å². The lowest BCUT2D eigenvalue weighted by molar-refractivity contribution is -0.128. The molecule has 0 aromatic heterocycles. The molecule has 2 heterocycles. The van der Waals surface area contributed by atoms with Crippen LogP contribution in [0.3, 0.4) is 0 Å². The molecule has 0 spiro atoms. The third kappa shape index (κ3) is 4.47. The number of morpholine rings is 1. The maximum atomic E-state index is 12.3. The smallest absolute Gasteiger partial charge is 0.244 e. The van der Waals surface area contributed by atoms with E-state index in [-0.39, 0.29) is 36.4 Å². The number of hydrogen-bond acceptors (Lipinski definition) is 4. The molecule has 2 aliphatic rings. The number of carbonyl (C=O) groups excluding carboxylic acids is 2. The molecule has 7 heteroatoms. The first kappa shape index (κ1) is 18.7. The minimum atomic E-state index is -0.328. The zero-order valence-corrected chi connectivity index (χ0v) is 14.6. The predicted molar refractivity (Wildman–Crippen MR) is 94.2 cm³/mol. The highest BCUT2D eigenvalue weighted by molar-refractivity contribution is 5.95. The molecule has 132 valence electrons. The second-order valence-electron chi connectivity index (χ2n) is 6.11. The lowest BCUT2D eigenvalue weighted by atomic mass is 10.1. The molecular formula is C17H24ClN3O3. The number of likely N-dealkylation sites (tertiary alicyclic amines) is 1. The van der Waals surface area contributed by atoms with Crippen LogP contribution in [0, 0.1) is 0 Å². The maximum Gasteiger partial charge on any atom is 0.244 e. The largest absolute Gasteiger partial charge is 0.375 e. The summed E-state index contributed by atoms with van der Waals surface area (Å²) >= 11 is 0. The number of rotatable bonds is 4. The average molecular weight is 354 g/mol. The van der Waals surface area contributed by atoms with E-state index in [2.05, 4.69) is 10.6 Å². The van der Waals surface area contributed by atoms with E-state index in [0.717, 1.165) is 24.2 Å². The number of carbonyl (C=O) groups is 2. The SMILES string of the molecule is C[C@H]1OCCN[C@@H]1C(=O)Nc1ccc(CN2CCCC2=O)cc1.Cl. The molecule has 2 N–H and O–H groups in total. The highest BCUT2D eigenvalue weighted by atomic mass is 35.5. The third-order valence-corrected chi connectivity index (χ3v) is 4.37. The van der Waals surface area contributed by atoms with Gasteiger partial charge < -0.3 is 20.3 Å². The van der Waals surface area contributed by atoms with Crippen molar-refractivity contribution < 1.29 is 14.3 Å². The lowest BCUT2D eigenvalue weighted by Gasteiger charge is -2.29. The van der Waals surface area contributed by atoms with Crippen LogP contribution in [-0.2, 0) is 20.9 Å². The fourth-order valence-corrected chi connectivity index (χ4v) is 3.03. The molecule has 1 aromatic rings. The van der Waals surface area contributed by atoms with Crippen molar-refractivity contribution in [2.45, 2.75) is 38.5 Å². The number of anilines is 1. The number of benzene rings is 1. The number of halogens is 1. The molecule has 0 bridgehead atoms. The summed E-state index contributed by atoms with van der Waals surface area (Å²) in [6.07, 6.45) is 1.47. The summed E-state index contributed by atoms with van der Waals surface area (Å²) in [6.45, 7) is 4.69. The third-order valence-electron chi connectivity index (χ3n) is 4.37. The molecule has 0 unspecified atom stereocenters. The van der Waals surface area contributed by atoms with Crippen LogP contribution < -0.4 is 10.6 Å². The van der Waals surface area contributed by atoms with Crippen molar-refractivity contribution in [2.24, 2.45) is 0 Å². The summed E-state index contributed by atoms with van der Waals surface area (Å²) in [6, 6.07) is 7.33. The van der Waals surface area contributed by atoms with Crippen LogP contribution in [0.2, 0.25) is 0 Å². The molecule has 0 aliphatic carbocycles. The molecule has 2 amide bonds. The Kier molecular flexibility index (Phi) is 6.60. The highest BCUT2D eigenvalue weighted by Gasteiger charge is 2.28. The molecule has 6 nitrogen and oxygen atoms in total. The van der Waals surface area contributed by atoms with Gasteiger partial charge in [0.2, 0.25) is 11.8 Å². The standard InChI is InChI=1S/C17H23N3O3.ClH/c1-12-16(18-8-10-23-12)17(22)19-14-6-4-13(5-7-14)11-20-9-2-3-15(20)21;/h4-7,12,16,18H,2-3,8-11H2,1H3,(H,19,22);1H/t12-,16+;/m1./s1. The van der Waals surface area contributed by atoms with Crippen molar-refractivity contribution in [3.05, 3.63) is 29.8 Å². The zero-order chi connectivity index (χ0) is 16.2. The van der Waals surface area contributed by atoms with E-state index < -0.39 is 0 Å². The van der Waals surface area contributed by atoms with Gasteiger partial charge in [-0.1, -0.05) is 12.1 Å². The van der Waals surface area contributed by atoms with E-state index in [1.54, 1.807) is 0 Å². The van der Waals surface area contributed by atoms with Gasteiger partial charge in [-0.2, -0.15) is 0 Å². The quantitative estimate of drug-likeness (QED) is 0.861. The van der Waals surface area contributed by atoms with Crippen LogP contribution in [0.1, 0.15) is 25.3 Å². The van der Waals surface area contributed by atoms with E-state index in [0.29, 0.717) is 26.1 Å². The van der Waals surface area contributed by atoms with Crippen molar-refractivity contribution in [1.82, 2.24) is 10.2 Å². The number of hydrogen-bond donors (Lipinski definition) is 2. The number of amides is 2. The Hall–Kier alpha value is -1.63. The molecule has 2 fully saturated rings. The fraction of sp³-hybridized carbons (Fsp3) is 0.529. The Morgan fingerprint density at radius 3 is 2.75 bits per heavy atom. The van der Waals surface area contributed by atoms with Gasteiger partial charge in [-0.3, -0.25) is 9.59 Å². The molecule has 3 rings (SSSR count). The van der Waals surface area contributed by atoms with Crippen molar-refractivity contribution in [3.63, 3.8) is 0 Å². The first-order chi connectivity index (χ1) is 11.1. The van der Waals surface area contributed by atoms with E-state index in [9.17, 15) is 9.59 Å². The van der Waals surface area contributed by atoms with Crippen LogP contribution >= 0.6 is 12.4 Å². The van der Waals surface area contributed by atoms with Gasteiger partial charge in [0.05, 0.1) is 12.7 Å². The van der Waals surface area contributed by atoms with E-state index in [1.807, 2.05) is 36.1 Å². The normalized spacial score (nSPS) is 23.7. The maximum absolute atomic E-state index is 12.3. The van der Waals surface area contributed by atoms with Crippen LogP contribution in [0.15, 0.2) is 24.3 Å². The minimum absolute atomic E-state index is 0. The van der Waals surface area contributed by atoms with Crippen molar-refractivity contribution >= 4 is 29.9 Å². The summed E-state index contributed by atoms with van der Waals surface area (Å²) < 4.78 is 5.49.